The normalized spacial score (nSPS) is 14.3. The molecular weight excluding hydrogens is 955 g/mol. The number of rotatable bonds is 3. The second-order valence-electron chi connectivity index (χ2n) is 18.2. The number of fused-ring (bicyclic) bond motifs is 9. The molecule has 3 aromatic heterocycles. The predicted molar refractivity (Wildman–Crippen MR) is 258 cm³/mol. The van der Waals surface area contributed by atoms with Crippen molar-refractivity contribution in [2.75, 3.05) is 0 Å². The summed E-state index contributed by atoms with van der Waals surface area (Å²) in [7, 11) is 0. The molecule has 0 atom stereocenters. The molecule has 0 saturated carbocycles. The van der Waals surface area contributed by atoms with E-state index in [4.69, 9.17) is 0 Å². The molecule has 0 radical (unpaired) electrons. The molecule has 0 aliphatic heterocycles. The molecule has 3 aliphatic carbocycles. The van der Waals surface area contributed by atoms with Crippen LogP contribution in [0.25, 0.3) is 67.2 Å². The zero-order chi connectivity index (χ0) is 43.3. The van der Waals surface area contributed by atoms with Gasteiger partial charge in [0.1, 0.15) is 0 Å². The molecule has 0 fully saturated rings. The van der Waals surface area contributed by atoms with Gasteiger partial charge in [-0.15, -0.1) is 88.0 Å². The van der Waals surface area contributed by atoms with Gasteiger partial charge in [-0.3, -0.25) is 0 Å². The summed E-state index contributed by atoms with van der Waals surface area (Å²) in [6, 6.07) is 67.3. The van der Waals surface area contributed by atoms with Crippen LogP contribution in [0.1, 0.15) is 74.9 Å². The topological polar surface area (TPSA) is 38.7 Å². The second-order valence-corrected chi connectivity index (χ2v) is 18.2. The maximum atomic E-state index is 4.44. The summed E-state index contributed by atoms with van der Waals surface area (Å²) >= 11 is 0. The molecule has 0 bridgehead atoms. The van der Waals surface area contributed by atoms with E-state index in [2.05, 4.69) is 184 Å². The van der Waals surface area contributed by atoms with Crippen LogP contribution >= 0.6 is 0 Å². The van der Waals surface area contributed by atoms with E-state index in [0.717, 1.165) is 33.8 Å². The van der Waals surface area contributed by atoms with Crippen LogP contribution in [0.3, 0.4) is 0 Å². The second kappa shape index (κ2) is 16.8. The van der Waals surface area contributed by atoms with Gasteiger partial charge in [0, 0.05) is 18.6 Å². The van der Waals surface area contributed by atoms with Gasteiger partial charge in [0.2, 0.25) is 0 Å². The first-order valence-corrected chi connectivity index (χ1v) is 21.8. The van der Waals surface area contributed by atoms with Gasteiger partial charge in [-0.2, -0.15) is 0 Å². The van der Waals surface area contributed by atoms with Gasteiger partial charge in [0.15, 0.2) is 0 Å². The number of aromatic nitrogens is 3. The van der Waals surface area contributed by atoms with Gasteiger partial charge in [-0.05, 0) is 68.2 Å². The predicted octanol–water partition coefficient (Wildman–Crippen LogP) is 14.6. The molecule has 0 saturated heterocycles. The van der Waals surface area contributed by atoms with E-state index < -0.39 is 0 Å². The standard InChI is InChI=1S/3C20H16N.Ir/c3*1-20(2)17-8-4-3-7-15(17)16-11-10-14(13-18(16)20)19-9-5-6-12-21-19;/h3*3-9,11-13H,1-2H3;/q3*-1;+3. The van der Waals surface area contributed by atoms with Crippen molar-refractivity contribution in [3.05, 3.63) is 234 Å². The number of hydrogen-bond acceptors (Lipinski definition) is 3. The van der Waals surface area contributed by atoms with Crippen LogP contribution in [0, 0.1) is 18.2 Å². The van der Waals surface area contributed by atoms with Gasteiger partial charge in [0.25, 0.3) is 0 Å². The monoisotopic (exact) mass is 1000 g/mol. The van der Waals surface area contributed by atoms with Crippen molar-refractivity contribution in [2.24, 2.45) is 0 Å². The Morgan fingerprint density at radius 1 is 0.312 bits per heavy atom. The van der Waals surface area contributed by atoms with Crippen LogP contribution in [0.5, 0.6) is 0 Å². The zero-order valence-corrected chi connectivity index (χ0v) is 39.4. The summed E-state index contributed by atoms with van der Waals surface area (Å²) in [6.07, 6.45) is 5.49. The van der Waals surface area contributed by atoms with Crippen molar-refractivity contribution >= 4 is 0 Å². The number of nitrogens with zero attached hydrogens (tertiary/aromatic N) is 3. The van der Waals surface area contributed by atoms with Gasteiger partial charge < -0.3 is 15.0 Å². The zero-order valence-electron chi connectivity index (χ0n) is 37.0. The van der Waals surface area contributed by atoms with E-state index in [1.54, 1.807) is 0 Å². The Balaban J connectivity index is 0.000000121. The largest absolute Gasteiger partial charge is 3.00 e. The summed E-state index contributed by atoms with van der Waals surface area (Å²) in [5.41, 5.74) is 22.4. The van der Waals surface area contributed by atoms with Crippen LogP contribution < -0.4 is 0 Å². The van der Waals surface area contributed by atoms with E-state index >= 15 is 0 Å². The molecule has 0 spiro atoms. The molecule has 4 heteroatoms. The van der Waals surface area contributed by atoms with Crippen molar-refractivity contribution in [2.45, 2.75) is 57.8 Å². The van der Waals surface area contributed by atoms with Crippen molar-refractivity contribution in [1.29, 1.82) is 0 Å². The molecule has 3 heterocycles. The van der Waals surface area contributed by atoms with Crippen molar-refractivity contribution in [1.82, 2.24) is 15.0 Å². The third-order valence-electron chi connectivity index (χ3n) is 13.4. The average molecular weight is 1000 g/mol. The van der Waals surface area contributed by atoms with Gasteiger partial charge in [-0.25, -0.2) is 0 Å². The van der Waals surface area contributed by atoms with E-state index in [-0.39, 0.29) is 36.4 Å². The van der Waals surface area contributed by atoms with Crippen molar-refractivity contribution < 1.29 is 20.1 Å². The minimum absolute atomic E-state index is 0. The molecule has 3 nitrogen and oxygen atoms in total. The van der Waals surface area contributed by atoms with Crippen LogP contribution in [0.4, 0.5) is 0 Å². The Morgan fingerprint density at radius 2 is 0.578 bits per heavy atom. The minimum atomic E-state index is 0. The van der Waals surface area contributed by atoms with Gasteiger partial charge in [-0.1, -0.05) is 184 Å². The maximum absolute atomic E-state index is 4.44. The summed E-state index contributed by atoms with van der Waals surface area (Å²) in [5.74, 6) is 0. The fraction of sp³-hybridized carbons (Fsp3) is 0.150. The van der Waals surface area contributed by atoms with Crippen LogP contribution in [-0.4, -0.2) is 15.0 Å². The molecule has 9 aromatic rings. The van der Waals surface area contributed by atoms with Crippen molar-refractivity contribution in [3.63, 3.8) is 0 Å². The summed E-state index contributed by atoms with van der Waals surface area (Å²) < 4.78 is 0. The van der Waals surface area contributed by atoms with Crippen molar-refractivity contribution in [3.8, 4) is 67.2 Å². The van der Waals surface area contributed by atoms with E-state index in [0.29, 0.717) is 0 Å². The molecule has 0 amide bonds. The van der Waals surface area contributed by atoms with E-state index in [1.165, 1.54) is 66.8 Å². The molecule has 0 N–H and O–H groups in total. The Morgan fingerprint density at radius 3 is 0.844 bits per heavy atom. The minimum Gasteiger partial charge on any atom is -0.305 e. The molecule has 12 rings (SSSR count). The smallest absolute Gasteiger partial charge is 0.305 e. The first-order valence-electron chi connectivity index (χ1n) is 21.8. The fourth-order valence-electron chi connectivity index (χ4n) is 9.93. The third kappa shape index (κ3) is 7.35. The molecular formula is C60H48IrN3. The Bertz CT molecular complexity index is 2790. The SMILES string of the molecule is CC1(C)c2ccccc2-c2c[c-]c(-c3ccccn3)cc21.CC1(C)c2ccccc2-c2c[c-]c(-c3ccccn3)cc21.CC1(C)c2ccccc2-c2c[c-]c(-c3ccccn3)cc21.[Ir+3]. The number of hydrogen-bond donors (Lipinski definition) is 0. The molecule has 6 aromatic carbocycles. The first-order chi connectivity index (χ1) is 30.5. The molecule has 0 unspecified atom stereocenters. The molecule has 3 aliphatic rings. The Labute approximate surface area is 391 Å². The van der Waals surface area contributed by atoms with Gasteiger partial charge in [0.05, 0.1) is 0 Å². The fourth-order valence-corrected chi connectivity index (χ4v) is 9.93. The Kier molecular flexibility index (Phi) is 11.2. The van der Waals surface area contributed by atoms with E-state index in [9.17, 15) is 0 Å². The van der Waals surface area contributed by atoms with Crippen LogP contribution in [-0.2, 0) is 36.4 Å². The quantitative estimate of drug-likeness (QED) is 0.166. The average Bonchev–Trinajstić information content (AvgIpc) is 3.82. The van der Waals surface area contributed by atoms with E-state index in [1.807, 2.05) is 73.2 Å². The van der Waals surface area contributed by atoms with Crippen LogP contribution in [0.2, 0.25) is 0 Å². The summed E-state index contributed by atoms with van der Waals surface area (Å²) in [4.78, 5) is 13.3. The van der Waals surface area contributed by atoms with Gasteiger partial charge >= 0.3 is 20.1 Å². The number of pyridine rings is 3. The Hall–Kier alpha value is -6.58. The summed E-state index contributed by atoms with van der Waals surface area (Å²) in [6.45, 7) is 13.7. The molecule has 64 heavy (non-hydrogen) atoms. The van der Waals surface area contributed by atoms with Crippen LogP contribution in [0.15, 0.2) is 182 Å². The third-order valence-corrected chi connectivity index (χ3v) is 13.4. The maximum Gasteiger partial charge on any atom is 3.00 e. The summed E-state index contributed by atoms with van der Waals surface area (Å²) in [5, 5.41) is 0. The number of benzene rings is 6. The molecule has 312 valence electrons. The first kappa shape index (κ1) is 42.7.